The zero-order valence-electron chi connectivity index (χ0n) is 12.2. The van der Waals surface area contributed by atoms with E-state index in [2.05, 4.69) is 0 Å². The number of hydrogen-bond donors (Lipinski definition) is 0. The van der Waals surface area contributed by atoms with E-state index in [0.29, 0.717) is 0 Å². The molecule has 0 aliphatic carbocycles. The summed E-state index contributed by atoms with van der Waals surface area (Å²) in [6.07, 6.45) is -17.5. The maximum atomic E-state index is 12.3. The topological polar surface area (TPSA) is 102 Å². The van der Waals surface area contributed by atoms with Gasteiger partial charge in [-0.3, -0.25) is 0 Å². The molecule has 0 atom stereocenters. The molecular formula is C7H6F9LiO6S3. The van der Waals surface area contributed by atoms with Crippen LogP contribution >= 0.6 is 0 Å². The van der Waals surface area contributed by atoms with Gasteiger partial charge in [0.05, 0.1) is 0 Å². The van der Waals surface area contributed by atoms with Gasteiger partial charge >= 0.3 is 150 Å². The number of rotatable bonds is 6. The molecule has 0 saturated heterocycles. The van der Waals surface area contributed by atoms with E-state index in [9.17, 15) is 64.8 Å². The van der Waals surface area contributed by atoms with Gasteiger partial charge in [0.25, 0.3) is 0 Å². The molecule has 0 bridgehead atoms. The van der Waals surface area contributed by atoms with E-state index in [0.717, 1.165) is 0 Å². The van der Waals surface area contributed by atoms with Crippen molar-refractivity contribution in [2.45, 2.75) is 20.6 Å². The molecule has 0 unspecified atom stereocenters. The Balaban J connectivity index is 6.87. The Morgan fingerprint density at radius 3 is 0.769 bits per heavy atom. The van der Waals surface area contributed by atoms with Gasteiger partial charge in [-0.2, -0.15) is 0 Å². The Labute approximate surface area is 150 Å². The van der Waals surface area contributed by atoms with Gasteiger partial charge in [-0.05, 0) is 0 Å². The molecule has 0 aliphatic heterocycles. The van der Waals surface area contributed by atoms with Crippen molar-refractivity contribution < 1.29 is 64.8 Å². The van der Waals surface area contributed by atoms with E-state index in [-0.39, 0.29) is 0 Å². The number of sulfone groups is 3. The van der Waals surface area contributed by atoms with Crippen LogP contribution in [-0.4, -0.2) is 80.8 Å². The third-order valence-corrected chi connectivity index (χ3v) is 12.8. The van der Waals surface area contributed by atoms with Gasteiger partial charge in [0.15, 0.2) is 0 Å². The van der Waals surface area contributed by atoms with Crippen molar-refractivity contribution in [1.82, 2.24) is 0 Å². The van der Waals surface area contributed by atoms with Crippen LogP contribution < -0.4 is 0 Å². The van der Waals surface area contributed by atoms with Crippen molar-refractivity contribution in [2.75, 3.05) is 17.3 Å². The molecule has 0 radical (unpaired) electrons. The number of hydrogen-bond acceptors (Lipinski definition) is 6. The maximum absolute atomic E-state index is 12.3. The van der Waals surface area contributed by atoms with E-state index < -0.39 is 85.1 Å². The van der Waals surface area contributed by atoms with Gasteiger partial charge in [0.1, 0.15) is 0 Å². The Hall–Kier alpha value is -0.183. The number of alkyl halides is 9. The van der Waals surface area contributed by atoms with E-state index in [1.165, 1.54) is 0 Å². The fourth-order valence-electron chi connectivity index (χ4n) is 1.62. The second kappa shape index (κ2) is 7.01. The SMILES string of the molecule is [Li][C](S(=O)(=O)CC(F)(F)F)(S(=O)(=O)CC(F)(F)F)S(=O)(=O)CC(F)(F)F. The van der Waals surface area contributed by atoms with Gasteiger partial charge in [-0.1, -0.05) is 0 Å². The van der Waals surface area contributed by atoms with Crippen molar-refractivity contribution in [2.24, 2.45) is 0 Å². The van der Waals surface area contributed by atoms with Crippen molar-refractivity contribution in [3.05, 3.63) is 0 Å². The van der Waals surface area contributed by atoms with Crippen LogP contribution in [0.1, 0.15) is 0 Å². The summed E-state index contributed by atoms with van der Waals surface area (Å²) in [7, 11) is -19.9. The summed E-state index contributed by atoms with van der Waals surface area (Å²) in [5, 5.41) is 0. The Morgan fingerprint density at radius 1 is 0.500 bits per heavy atom. The molecule has 26 heavy (non-hydrogen) atoms. The summed E-state index contributed by atoms with van der Waals surface area (Å²) in [5.41, 5.74) is 0. The van der Waals surface area contributed by atoms with Crippen molar-refractivity contribution >= 4 is 47.2 Å². The first-order valence-electron chi connectivity index (χ1n) is 5.74. The van der Waals surface area contributed by atoms with Crippen molar-refractivity contribution in [1.29, 1.82) is 0 Å². The minimum absolute atomic E-state index is 0.643. The van der Waals surface area contributed by atoms with Gasteiger partial charge in [0, 0.05) is 0 Å². The first-order chi connectivity index (χ1) is 10.9. The van der Waals surface area contributed by atoms with E-state index in [1.54, 1.807) is 0 Å². The summed E-state index contributed by atoms with van der Waals surface area (Å²) in [6.45, 7) is 0. The molecule has 0 N–H and O–H groups in total. The van der Waals surface area contributed by atoms with Crippen LogP contribution in [0.4, 0.5) is 39.5 Å². The van der Waals surface area contributed by atoms with Gasteiger partial charge in [-0.25, -0.2) is 0 Å². The molecule has 0 spiro atoms. The van der Waals surface area contributed by atoms with E-state index >= 15 is 0 Å². The summed E-state index contributed by atoms with van der Waals surface area (Å²) in [5.74, 6) is -9.82. The van der Waals surface area contributed by atoms with Gasteiger partial charge in [-0.15, -0.1) is 0 Å². The molecule has 0 saturated carbocycles. The van der Waals surface area contributed by atoms with Gasteiger partial charge < -0.3 is 0 Å². The average Bonchev–Trinajstić information content (AvgIpc) is 2.16. The molecule has 6 nitrogen and oxygen atoms in total. The fourth-order valence-corrected chi connectivity index (χ4v) is 9.40. The predicted octanol–water partition coefficient (Wildman–Crippen LogP) is 0.698. The van der Waals surface area contributed by atoms with Crippen molar-refractivity contribution in [3.63, 3.8) is 0 Å². The molecule has 0 aromatic carbocycles. The predicted molar refractivity (Wildman–Crippen MR) is 68.0 cm³/mol. The van der Waals surface area contributed by atoms with E-state index in [1.807, 2.05) is 0 Å². The summed E-state index contributed by atoms with van der Waals surface area (Å²) < 4.78 is 176. The Kier molecular flexibility index (Phi) is 6.96. The van der Waals surface area contributed by atoms with Crippen LogP contribution in [0.2, 0.25) is 0 Å². The molecule has 0 aromatic rings. The summed E-state index contributed by atoms with van der Waals surface area (Å²) in [6, 6.07) is 0. The van der Waals surface area contributed by atoms with Crippen LogP contribution in [0.15, 0.2) is 0 Å². The monoisotopic (exact) mass is 460 g/mol. The summed E-state index contributed by atoms with van der Waals surface area (Å²) in [4.78, 5) is 0. The molecule has 152 valence electrons. The first kappa shape index (κ1) is 25.8. The molecule has 0 amide bonds. The van der Waals surface area contributed by atoms with Gasteiger partial charge in [0.2, 0.25) is 0 Å². The van der Waals surface area contributed by atoms with Crippen LogP contribution in [0.25, 0.3) is 0 Å². The van der Waals surface area contributed by atoms with Crippen LogP contribution in [0.3, 0.4) is 0 Å². The zero-order valence-corrected chi connectivity index (χ0v) is 14.6. The average molecular weight is 460 g/mol. The summed E-state index contributed by atoms with van der Waals surface area (Å²) >= 11 is -0.643. The van der Waals surface area contributed by atoms with Crippen molar-refractivity contribution in [3.8, 4) is 0 Å². The van der Waals surface area contributed by atoms with Crippen LogP contribution in [-0.2, 0) is 29.5 Å². The Morgan fingerprint density at radius 2 is 0.654 bits per heavy atom. The Bertz CT molecular complexity index is 722. The molecule has 19 heteroatoms. The second-order valence-corrected chi connectivity index (χ2v) is 12.8. The normalized spacial score (nSPS) is 16.0. The molecule has 0 aromatic heterocycles. The third kappa shape index (κ3) is 6.17. The van der Waals surface area contributed by atoms with Crippen LogP contribution in [0, 0.1) is 0 Å². The number of halogens is 9. The fraction of sp³-hybridized carbons (Fsp3) is 1.00. The minimum atomic E-state index is -6.64. The standard InChI is InChI=1S/C7H6F9O6S3.Li/c8-5(9,10)1-23(17,18)4(24(19,20)2-6(11,12)13)25(21,22)3-7(14,15)16;/h1-3H2;. The zero-order chi connectivity index (χ0) is 21.6. The molecule has 0 heterocycles. The molecular weight excluding hydrogens is 454 g/mol. The third-order valence-electron chi connectivity index (χ3n) is 2.76. The van der Waals surface area contributed by atoms with E-state index in [4.69, 9.17) is 0 Å². The molecule has 0 fully saturated rings. The molecule has 0 aliphatic rings. The van der Waals surface area contributed by atoms with Crippen LogP contribution in [0.5, 0.6) is 0 Å². The molecule has 0 rings (SSSR count). The quantitative estimate of drug-likeness (QED) is 0.427. The second-order valence-electron chi connectivity index (χ2n) is 4.99. The first-order valence-corrected chi connectivity index (χ1v) is 10.7.